The zero-order valence-electron chi connectivity index (χ0n) is 13.4. The van der Waals surface area contributed by atoms with Crippen LogP contribution >= 0.6 is 23.4 Å². The van der Waals surface area contributed by atoms with Crippen molar-refractivity contribution in [3.05, 3.63) is 59.4 Å². The zero-order chi connectivity index (χ0) is 17.1. The lowest BCUT2D eigenvalue weighted by molar-refractivity contribution is -0.121. The molecule has 2 N–H and O–H groups in total. The van der Waals surface area contributed by atoms with Gasteiger partial charge in [0, 0.05) is 4.90 Å². The van der Waals surface area contributed by atoms with Crippen LogP contribution in [0, 0.1) is 0 Å². The maximum absolute atomic E-state index is 12.4. The average Bonchev–Trinajstić information content (AvgIpc) is 3.01. The molecule has 2 aromatic carbocycles. The van der Waals surface area contributed by atoms with Gasteiger partial charge in [-0.05, 0) is 38.1 Å². The molecule has 0 saturated carbocycles. The largest absolute Gasteiger partial charge is 0.345 e. The number of para-hydroxylation sites is 2. The highest BCUT2D eigenvalue weighted by molar-refractivity contribution is 8.00. The van der Waals surface area contributed by atoms with Crippen molar-refractivity contribution in [1.29, 1.82) is 0 Å². The number of halogens is 1. The first kappa shape index (κ1) is 16.9. The summed E-state index contributed by atoms with van der Waals surface area (Å²) in [6.45, 7) is 3.79. The van der Waals surface area contributed by atoms with Crippen LogP contribution in [-0.2, 0) is 4.79 Å². The average molecular weight is 360 g/mol. The number of fused-ring (bicyclic) bond motifs is 1. The Bertz CT molecular complexity index is 831. The second-order valence-corrected chi connectivity index (χ2v) is 7.35. The molecule has 4 nitrogen and oxygen atoms in total. The number of H-pyrrole nitrogens is 1. The molecule has 0 bridgehead atoms. The molecule has 6 heteroatoms. The Morgan fingerprint density at radius 1 is 1.17 bits per heavy atom. The van der Waals surface area contributed by atoms with Crippen molar-refractivity contribution in [2.75, 3.05) is 0 Å². The number of aromatic nitrogens is 2. The van der Waals surface area contributed by atoms with E-state index >= 15 is 0 Å². The van der Waals surface area contributed by atoms with Gasteiger partial charge in [0.05, 0.1) is 27.3 Å². The highest BCUT2D eigenvalue weighted by atomic mass is 35.5. The number of nitrogens with zero attached hydrogens (tertiary/aromatic N) is 1. The number of benzene rings is 2. The van der Waals surface area contributed by atoms with Gasteiger partial charge in [-0.15, -0.1) is 11.8 Å². The van der Waals surface area contributed by atoms with Gasteiger partial charge in [-0.3, -0.25) is 4.79 Å². The highest BCUT2D eigenvalue weighted by Gasteiger charge is 2.19. The predicted octanol–water partition coefficient (Wildman–Crippen LogP) is 4.57. The molecule has 2 unspecified atom stereocenters. The van der Waals surface area contributed by atoms with E-state index in [2.05, 4.69) is 15.3 Å². The summed E-state index contributed by atoms with van der Waals surface area (Å²) in [4.78, 5) is 21.1. The number of nitrogens with one attached hydrogen (secondary N) is 2. The maximum Gasteiger partial charge on any atom is 0.233 e. The minimum Gasteiger partial charge on any atom is -0.345 e. The molecule has 2 atom stereocenters. The number of imidazole rings is 1. The molecule has 124 valence electrons. The lowest BCUT2D eigenvalue weighted by Gasteiger charge is -2.16. The molecule has 1 heterocycles. The molecule has 0 spiro atoms. The number of amides is 1. The Morgan fingerprint density at radius 3 is 2.62 bits per heavy atom. The molecule has 3 aromatic rings. The van der Waals surface area contributed by atoms with Crippen molar-refractivity contribution < 1.29 is 4.79 Å². The van der Waals surface area contributed by atoms with Crippen LogP contribution in [0.1, 0.15) is 25.7 Å². The second kappa shape index (κ2) is 7.28. The van der Waals surface area contributed by atoms with Gasteiger partial charge in [0.15, 0.2) is 0 Å². The van der Waals surface area contributed by atoms with Crippen molar-refractivity contribution >= 4 is 40.3 Å². The fourth-order valence-electron chi connectivity index (χ4n) is 2.36. The summed E-state index contributed by atoms with van der Waals surface area (Å²) in [5, 5.41) is 3.41. The molecule has 0 aliphatic rings. The Labute approximate surface area is 150 Å². The molecular weight excluding hydrogens is 342 g/mol. The third-order valence-corrected chi connectivity index (χ3v) is 5.31. The Morgan fingerprint density at radius 2 is 1.88 bits per heavy atom. The summed E-state index contributed by atoms with van der Waals surface area (Å²) in [6.07, 6.45) is 0. The van der Waals surface area contributed by atoms with E-state index in [0.717, 1.165) is 21.8 Å². The van der Waals surface area contributed by atoms with Gasteiger partial charge in [0.25, 0.3) is 0 Å². The number of hydrogen-bond donors (Lipinski definition) is 2. The number of aromatic amines is 1. The molecule has 1 aromatic heterocycles. The summed E-state index contributed by atoms with van der Waals surface area (Å²) in [5.41, 5.74) is 1.86. The minimum absolute atomic E-state index is 0.0483. The fraction of sp³-hybridized carbons (Fsp3) is 0.222. The topological polar surface area (TPSA) is 57.8 Å². The van der Waals surface area contributed by atoms with E-state index in [9.17, 15) is 4.79 Å². The fourth-order valence-corrected chi connectivity index (χ4v) is 3.52. The lowest BCUT2D eigenvalue weighted by Crippen LogP contribution is -2.33. The van der Waals surface area contributed by atoms with Gasteiger partial charge >= 0.3 is 0 Å². The smallest absolute Gasteiger partial charge is 0.233 e. The summed E-state index contributed by atoms with van der Waals surface area (Å²) < 4.78 is 0. The van der Waals surface area contributed by atoms with Gasteiger partial charge in [0.1, 0.15) is 5.82 Å². The summed E-state index contributed by atoms with van der Waals surface area (Å²) in [5.74, 6) is 0.701. The van der Waals surface area contributed by atoms with Gasteiger partial charge in [0.2, 0.25) is 5.91 Å². The molecule has 24 heavy (non-hydrogen) atoms. The van der Waals surface area contributed by atoms with Crippen LogP contribution < -0.4 is 5.32 Å². The Balaban J connectivity index is 1.66. The summed E-state index contributed by atoms with van der Waals surface area (Å²) in [6, 6.07) is 15.1. The Kier molecular flexibility index (Phi) is 5.11. The molecule has 3 rings (SSSR count). The molecule has 0 radical (unpaired) electrons. The normalized spacial score (nSPS) is 13.6. The van der Waals surface area contributed by atoms with Gasteiger partial charge in [-0.2, -0.15) is 0 Å². The quantitative estimate of drug-likeness (QED) is 0.656. The molecule has 0 fully saturated rings. The highest BCUT2D eigenvalue weighted by Crippen LogP contribution is 2.30. The molecular formula is C18H18ClN3OS. The van der Waals surface area contributed by atoms with E-state index in [1.165, 1.54) is 11.8 Å². The molecule has 1 amide bonds. The predicted molar refractivity (Wildman–Crippen MR) is 99.4 cm³/mol. The van der Waals surface area contributed by atoms with Gasteiger partial charge < -0.3 is 10.3 Å². The van der Waals surface area contributed by atoms with E-state index in [0.29, 0.717) is 5.02 Å². The van der Waals surface area contributed by atoms with Crippen molar-refractivity contribution in [3.63, 3.8) is 0 Å². The van der Waals surface area contributed by atoms with Crippen LogP contribution in [0.4, 0.5) is 0 Å². The first-order valence-electron chi connectivity index (χ1n) is 7.71. The minimum atomic E-state index is -0.253. The number of carbonyl (C=O) groups is 1. The third-order valence-electron chi connectivity index (χ3n) is 3.69. The maximum atomic E-state index is 12.4. The second-order valence-electron chi connectivity index (χ2n) is 5.56. The van der Waals surface area contributed by atoms with Crippen LogP contribution in [0.5, 0.6) is 0 Å². The van der Waals surface area contributed by atoms with Crippen LogP contribution in [-0.4, -0.2) is 21.1 Å². The van der Waals surface area contributed by atoms with Crippen molar-refractivity contribution in [3.8, 4) is 0 Å². The first-order chi connectivity index (χ1) is 11.5. The van der Waals surface area contributed by atoms with Crippen LogP contribution in [0.25, 0.3) is 11.0 Å². The molecule has 0 saturated heterocycles. The lowest BCUT2D eigenvalue weighted by atomic mass is 10.3. The van der Waals surface area contributed by atoms with Crippen LogP contribution in [0.2, 0.25) is 5.02 Å². The Hall–Kier alpha value is -1.98. The monoisotopic (exact) mass is 359 g/mol. The van der Waals surface area contributed by atoms with Crippen molar-refractivity contribution in [2.45, 2.75) is 30.0 Å². The number of rotatable bonds is 5. The van der Waals surface area contributed by atoms with Crippen LogP contribution in [0.15, 0.2) is 53.4 Å². The summed E-state index contributed by atoms with van der Waals surface area (Å²) >= 11 is 7.60. The number of carbonyl (C=O) groups excluding carboxylic acids is 1. The van der Waals surface area contributed by atoms with Crippen LogP contribution in [0.3, 0.4) is 0 Å². The van der Waals surface area contributed by atoms with Crippen molar-refractivity contribution in [2.24, 2.45) is 0 Å². The standard InChI is InChI=1S/C18H18ClN3OS/c1-11(17-21-14-8-4-5-9-15(14)22-17)20-18(23)12(2)24-16-10-6-3-7-13(16)19/h3-12H,1-2H3,(H,20,23)(H,21,22). The van der Waals surface area contributed by atoms with E-state index in [1.54, 1.807) is 0 Å². The van der Waals surface area contributed by atoms with E-state index < -0.39 is 0 Å². The van der Waals surface area contributed by atoms with Gasteiger partial charge in [-0.1, -0.05) is 35.9 Å². The van der Waals surface area contributed by atoms with E-state index in [-0.39, 0.29) is 17.2 Å². The van der Waals surface area contributed by atoms with Crippen molar-refractivity contribution in [1.82, 2.24) is 15.3 Å². The third kappa shape index (κ3) is 3.74. The van der Waals surface area contributed by atoms with E-state index in [1.807, 2.05) is 62.4 Å². The van der Waals surface area contributed by atoms with Gasteiger partial charge in [-0.25, -0.2) is 4.98 Å². The molecule has 0 aliphatic carbocycles. The summed E-state index contributed by atoms with van der Waals surface area (Å²) in [7, 11) is 0. The first-order valence-corrected chi connectivity index (χ1v) is 8.96. The zero-order valence-corrected chi connectivity index (χ0v) is 15.0. The molecule has 0 aliphatic heterocycles. The SMILES string of the molecule is CC(Sc1ccccc1Cl)C(=O)NC(C)c1nc2ccccc2[nH]1. The van der Waals surface area contributed by atoms with E-state index in [4.69, 9.17) is 11.6 Å². The number of hydrogen-bond acceptors (Lipinski definition) is 3. The number of thioether (sulfide) groups is 1.